The normalized spacial score (nSPS) is 14.1. The molecule has 0 spiro atoms. The second-order valence-corrected chi connectivity index (χ2v) is 5.53. The van der Waals surface area contributed by atoms with Crippen molar-refractivity contribution in [3.63, 3.8) is 0 Å². The number of nitrogens with zero attached hydrogens (tertiary/aromatic N) is 1. The predicted molar refractivity (Wildman–Crippen MR) is 81.5 cm³/mol. The number of benzene rings is 1. The Bertz CT molecular complexity index is 617. The summed E-state index contributed by atoms with van der Waals surface area (Å²) in [4.78, 5) is 24.6. The Morgan fingerprint density at radius 3 is 2.75 bits per heavy atom. The molecular formula is C16H19F3N2O3. The van der Waals surface area contributed by atoms with Gasteiger partial charge in [0.1, 0.15) is 0 Å². The minimum atomic E-state index is -4.94. The van der Waals surface area contributed by atoms with Crippen LogP contribution in [0, 0.1) is 0 Å². The molecule has 132 valence electrons. The first-order valence-corrected chi connectivity index (χ1v) is 7.73. The molecule has 1 heterocycles. The second kappa shape index (κ2) is 7.55. The summed E-state index contributed by atoms with van der Waals surface area (Å²) in [7, 11) is 0. The molecule has 2 amide bonds. The number of hydrogen-bond donors (Lipinski definition) is 1. The number of alkyl halides is 3. The summed E-state index contributed by atoms with van der Waals surface area (Å²) in [5.74, 6) is -2.00. The fourth-order valence-electron chi connectivity index (χ4n) is 2.47. The second-order valence-electron chi connectivity index (χ2n) is 5.53. The fourth-order valence-corrected chi connectivity index (χ4v) is 2.47. The van der Waals surface area contributed by atoms with Gasteiger partial charge in [-0.05, 0) is 30.0 Å². The lowest BCUT2D eigenvalue weighted by atomic mass is 9.98. The van der Waals surface area contributed by atoms with Gasteiger partial charge in [-0.25, -0.2) is 4.79 Å². The molecule has 0 fully saturated rings. The van der Waals surface area contributed by atoms with Crippen LogP contribution in [0.15, 0.2) is 18.2 Å². The van der Waals surface area contributed by atoms with E-state index in [4.69, 9.17) is 4.74 Å². The number of rotatable bonds is 4. The smallest absolute Gasteiger partial charge is 0.449 e. The van der Waals surface area contributed by atoms with Crippen molar-refractivity contribution in [1.82, 2.24) is 4.90 Å². The Morgan fingerprint density at radius 1 is 1.33 bits per heavy atom. The highest BCUT2D eigenvalue weighted by Crippen LogP contribution is 2.28. The average Bonchev–Trinajstić information content (AvgIpc) is 2.53. The quantitative estimate of drug-likeness (QED) is 0.851. The van der Waals surface area contributed by atoms with Gasteiger partial charge in [-0.1, -0.05) is 25.5 Å². The number of carbonyl (C=O) groups excluding carboxylic acids is 2. The molecule has 0 aliphatic carbocycles. The third kappa shape index (κ3) is 4.39. The van der Waals surface area contributed by atoms with Crippen LogP contribution < -0.4 is 5.32 Å². The Kier molecular flexibility index (Phi) is 5.69. The minimum Gasteiger partial charge on any atom is -0.449 e. The summed E-state index contributed by atoms with van der Waals surface area (Å²) in [5.41, 5.74) is 1.45. The van der Waals surface area contributed by atoms with E-state index in [1.54, 1.807) is 12.1 Å². The lowest BCUT2D eigenvalue weighted by Gasteiger charge is -2.29. The lowest BCUT2D eigenvalue weighted by molar-refractivity contribution is -0.167. The molecule has 1 aromatic carbocycles. The highest BCUT2D eigenvalue weighted by Gasteiger charge is 2.39. The van der Waals surface area contributed by atoms with Gasteiger partial charge in [0.15, 0.2) is 0 Å². The maximum Gasteiger partial charge on any atom is 0.471 e. The van der Waals surface area contributed by atoms with E-state index in [2.05, 4.69) is 0 Å². The van der Waals surface area contributed by atoms with Crippen LogP contribution in [-0.4, -0.2) is 36.2 Å². The number of carbonyl (C=O) groups is 2. The fraction of sp³-hybridized carbons (Fsp3) is 0.500. The van der Waals surface area contributed by atoms with Crippen LogP contribution in [0.4, 0.5) is 23.7 Å². The zero-order chi connectivity index (χ0) is 17.7. The topological polar surface area (TPSA) is 58.6 Å². The van der Waals surface area contributed by atoms with E-state index < -0.39 is 18.2 Å². The Hall–Kier alpha value is -2.25. The standard InChI is InChI=1S/C16H19F3N2O3/c1-2-3-9-24-15(23)21-8-7-12-11(10-21)5-4-6-13(12)20-14(22)16(17,18)19/h4-6H,2-3,7-10H2,1H3,(H,20,22). The van der Waals surface area contributed by atoms with Crippen molar-refractivity contribution >= 4 is 17.7 Å². The zero-order valence-electron chi connectivity index (χ0n) is 13.3. The highest BCUT2D eigenvalue weighted by atomic mass is 19.4. The third-order valence-electron chi connectivity index (χ3n) is 3.75. The van der Waals surface area contributed by atoms with Gasteiger partial charge in [0.2, 0.25) is 0 Å². The number of unbranched alkanes of at least 4 members (excludes halogenated alkanes) is 1. The molecule has 0 unspecified atom stereocenters. The van der Waals surface area contributed by atoms with Crippen molar-refractivity contribution in [2.45, 2.75) is 38.9 Å². The van der Waals surface area contributed by atoms with Crippen LogP contribution >= 0.6 is 0 Å². The van der Waals surface area contributed by atoms with Gasteiger partial charge in [-0.2, -0.15) is 13.2 Å². The molecule has 0 saturated heterocycles. The molecule has 0 atom stereocenters. The van der Waals surface area contributed by atoms with Gasteiger partial charge in [0, 0.05) is 18.8 Å². The molecule has 1 N–H and O–H groups in total. The molecule has 24 heavy (non-hydrogen) atoms. The van der Waals surface area contributed by atoms with Crippen molar-refractivity contribution in [3.05, 3.63) is 29.3 Å². The SMILES string of the molecule is CCCCOC(=O)N1CCc2c(cccc2NC(=O)C(F)(F)F)C1. The largest absolute Gasteiger partial charge is 0.471 e. The average molecular weight is 344 g/mol. The van der Waals surface area contributed by atoms with Gasteiger partial charge in [0.25, 0.3) is 0 Å². The van der Waals surface area contributed by atoms with Crippen LogP contribution in [0.3, 0.4) is 0 Å². The molecule has 0 saturated carbocycles. The summed E-state index contributed by atoms with van der Waals surface area (Å²) < 4.78 is 42.3. The van der Waals surface area contributed by atoms with Crippen LogP contribution in [0.25, 0.3) is 0 Å². The van der Waals surface area contributed by atoms with E-state index in [9.17, 15) is 22.8 Å². The Morgan fingerprint density at radius 2 is 2.08 bits per heavy atom. The molecule has 5 nitrogen and oxygen atoms in total. The van der Waals surface area contributed by atoms with Gasteiger partial charge >= 0.3 is 18.2 Å². The van der Waals surface area contributed by atoms with E-state index in [0.29, 0.717) is 30.7 Å². The van der Waals surface area contributed by atoms with Gasteiger partial charge in [0.05, 0.1) is 6.61 Å². The number of hydrogen-bond acceptors (Lipinski definition) is 3. The van der Waals surface area contributed by atoms with Crippen molar-refractivity contribution in [1.29, 1.82) is 0 Å². The predicted octanol–water partition coefficient (Wildman–Crippen LogP) is 3.48. The minimum absolute atomic E-state index is 0.133. The van der Waals surface area contributed by atoms with Gasteiger partial charge < -0.3 is 15.0 Å². The Labute approximate surface area is 137 Å². The first-order chi connectivity index (χ1) is 11.3. The number of amides is 2. The molecule has 8 heteroatoms. The molecular weight excluding hydrogens is 325 g/mol. The van der Waals surface area contributed by atoms with Crippen molar-refractivity contribution in [2.75, 3.05) is 18.5 Å². The summed E-state index contributed by atoms with van der Waals surface area (Å²) in [6, 6.07) is 4.71. The lowest BCUT2D eigenvalue weighted by Crippen LogP contribution is -2.37. The van der Waals surface area contributed by atoms with E-state index in [-0.39, 0.29) is 12.2 Å². The molecule has 1 aliphatic heterocycles. The first kappa shape index (κ1) is 18.1. The summed E-state index contributed by atoms with van der Waals surface area (Å²) in [6.07, 6.45) is -3.32. The summed E-state index contributed by atoms with van der Waals surface area (Å²) >= 11 is 0. The van der Waals surface area contributed by atoms with Gasteiger partial charge in [-0.3, -0.25) is 4.79 Å². The first-order valence-electron chi connectivity index (χ1n) is 7.73. The molecule has 0 aromatic heterocycles. The maximum atomic E-state index is 12.4. The molecule has 0 bridgehead atoms. The summed E-state index contributed by atoms with van der Waals surface area (Å²) in [6.45, 7) is 2.91. The molecule has 2 rings (SSSR count). The van der Waals surface area contributed by atoms with E-state index in [1.807, 2.05) is 12.2 Å². The number of anilines is 1. The van der Waals surface area contributed by atoms with E-state index >= 15 is 0 Å². The zero-order valence-corrected chi connectivity index (χ0v) is 13.3. The summed E-state index contributed by atoms with van der Waals surface area (Å²) in [5, 5.41) is 1.90. The highest BCUT2D eigenvalue weighted by molar-refractivity contribution is 5.95. The van der Waals surface area contributed by atoms with Gasteiger partial charge in [-0.15, -0.1) is 0 Å². The van der Waals surface area contributed by atoms with Crippen LogP contribution in [0.1, 0.15) is 30.9 Å². The van der Waals surface area contributed by atoms with Crippen LogP contribution in [0.5, 0.6) is 0 Å². The van der Waals surface area contributed by atoms with Crippen molar-refractivity contribution in [3.8, 4) is 0 Å². The van der Waals surface area contributed by atoms with Crippen molar-refractivity contribution < 1.29 is 27.5 Å². The van der Waals surface area contributed by atoms with E-state index in [0.717, 1.165) is 12.8 Å². The van der Waals surface area contributed by atoms with E-state index in [1.165, 1.54) is 11.0 Å². The Balaban J connectivity index is 2.07. The molecule has 1 aliphatic rings. The van der Waals surface area contributed by atoms with Crippen molar-refractivity contribution in [2.24, 2.45) is 0 Å². The number of halogens is 3. The van der Waals surface area contributed by atoms with Crippen LogP contribution in [-0.2, 0) is 22.5 Å². The number of fused-ring (bicyclic) bond motifs is 1. The van der Waals surface area contributed by atoms with Crippen LogP contribution in [0.2, 0.25) is 0 Å². The monoisotopic (exact) mass is 344 g/mol. The number of ether oxygens (including phenoxy) is 1. The third-order valence-corrected chi connectivity index (χ3v) is 3.75. The molecule has 1 aromatic rings. The maximum absolute atomic E-state index is 12.4. The molecule has 0 radical (unpaired) electrons. The number of nitrogens with one attached hydrogen (secondary N) is 1.